The van der Waals surface area contributed by atoms with Gasteiger partial charge in [-0.25, -0.2) is 4.79 Å². The van der Waals surface area contributed by atoms with E-state index in [4.69, 9.17) is 9.47 Å². The predicted molar refractivity (Wildman–Crippen MR) is 161 cm³/mol. The Balaban J connectivity index is 1.39. The Morgan fingerprint density at radius 3 is 2.23 bits per heavy atom. The number of benzene rings is 3. The summed E-state index contributed by atoms with van der Waals surface area (Å²) in [6, 6.07) is 15.6. The fourth-order valence-electron chi connectivity index (χ4n) is 6.49. The number of halogens is 3. The summed E-state index contributed by atoms with van der Waals surface area (Å²) in [6.45, 7) is 2.07. The van der Waals surface area contributed by atoms with Crippen LogP contribution in [0.2, 0.25) is 0 Å². The van der Waals surface area contributed by atoms with Gasteiger partial charge in [-0.05, 0) is 73.1 Å². The third-order valence-corrected chi connectivity index (χ3v) is 8.95. The Hall–Kier alpha value is -3.75. The molecule has 2 aliphatic carbocycles. The van der Waals surface area contributed by atoms with Crippen molar-refractivity contribution in [2.75, 3.05) is 0 Å². The number of amides is 1. The van der Waals surface area contributed by atoms with Gasteiger partial charge in [0.15, 0.2) is 0 Å². The minimum absolute atomic E-state index is 0.00541. The van der Waals surface area contributed by atoms with Gasteiger partial charge in [0.05, 0.1) is 5.56 Å². The van der Waals surface area contributed by atoms with E-state index in [2.05, 4.69) is 17.0 Å². The molecule has 0 spiro atoms. The molecule has 6 nitrogen and oxygen atoms in total. The first kappa shape index (κ1) is 31.7. The van der Waals surface area contributed by atoms with Crippen molar-refractivity contribution in [3.63, 3.8) is 0 Å². The molecule has 0 aromatic heterocycles. The van der Waals surface area contributed by atoms with Crippen LogP contribution in [0.5, 0.6) is 11.5 Å². The molecule has 1 N–H and O–H groups in total. The van der Waals surface area contributed by atoms with Crippen LogP contribution in [0.25, 0.3) is 10.8 Å². The lowest BCUT2D eigenvalue weighted by molar-refractivity contribution is -0.274. The summed E-state index contributed by atoms with van der Waals surface area (Å²) in [4.78, 5) is 27.8. The molecule has 1 unspecified atom stereocenters. The number of nitrogens with one attached hydrogen (secondary N) is 1. The number of rotatable bonds is 9. The number of hydrogen-bond acceptors (Lipinski definition) is 5. The third kappa shape index (κ3) is 8.04. The Kier molecular flexibility index (Phi) is 10.0. The van der Waals surface area contributed by atoms with Gasteiger partial charge in [0, 0.05) is 5.39 Å². The highest BCUT2D eigenvalue weighted by Crippen LogP contribution is 2.40. The highest BCUT2D eigenvalue weighted by Gasteiger charge is 2.43. The Morgan fingerprint density at radius 2 is 1.55 bits per heavy atom. The van der Waals surface area contributed by atoms with Crippen molar-refractivity contribution in [2.45, 2.75) is 103 Å². The van der Waals surface area contributed by atoms with Crippen molar-refractivity contribution in [1.29, 1.82) is 0 Å². The van der Waals surface area contributed by atoms with E-state index in [0.717, 1.165) is 76.0 Å². The van der Waals surface area contributed by atoms with Crippen LogP contribution in [0.15, 0.2) is 60.7 Å². The topological polar surface area (TPSA) is 73.9 Å². The molecule has 0 aliphatic heterocycles. The van der Waals surface area contributed by atoms with E-state index in [1.807, 2.05) is 30.3 Å². The zero-order valence-corrected chi connectivity index (χ0v) is 25.1. The molecule has 9 heteroatoms. The van der Waals surface area contributed by atoms with Crippen molar-refractivity contribution in [1.82, 2.24) is 5.32 Å². The highest BCUT2D eigenvalue weighted by molar-refractivity contribution is 6.05. The maximum absolute atomic E-state index is 14.0. The minimum Gasteiger partial charge on any atom is -0.487 e. The fourth-order valence-corrected chi connectivity index (χ4v) is 6.49. The quantitative estimate of drug-likeness (QED) is 0.194. The second kappa shape index (κ2) is 13.9. The van der Waals surface area contributed by atoms with E-state index in [9.17, 15) is 22.8 Å². The van der Waals surface area contributed by atoms with Crippen molar-refractivity contribution in [3.8, 4) is 11.5 Å². The first-order chi connectivity index (χ1) is 21.1. The van der Waals surface area contributed by atoms with Gasteiger partial charge < -0.3 is 19.5 Å². The molecule has 1 amide bonds. The third-order valence-electron chi connectivity index (χ3n) is 8.95. The Morgan fingerprint density at radius 1 is 0.886 bits per heavy atom. The Bertz CT molecular complexity index is 1420. The standard InChI is InChI=1S/C35H40F3NO5/c1-34(21-9-4-10-22-34)31(33(41)43-26-12-5-2-3-6-13-26)39-32(40)29-20-17-25-11-7-8-14-28(25)30(29)42-23-24-15-18-27(19-16-24)44-35(36,37)38/h7-8,11,14-20,26,31H,2-6,9-10,12-13,21-23H2,1H3,(H,39,40). The number of hydrogen-bond donors (Lipinski definition) is 1. The van der Waals surface area contributed by atoms with E-state index in [1.165, 1.54) is 24.3 Å². The lowest BCUT2D eigenvalue weighted by Gasteiger charge is -2.40. The van der Waals surface area contributed by atoms with E-state index in [-0.39, 0.29) is 30.0 Å². The minimum atomic E-state index is -4.78. The van der Waals surface area contributed by atoms with Crippen LogP contribution in [-0.4, -0.2) is 30.4 Å². The zero-order chi connectivity index (χ0) is 31.2. The maximum Gasteiger partial charge on any atom is 0.573 e. The summed E-state index contributed by atoms with van der Waals surface area (Å²) in [7, 11) is 0. The van der Waals surface area contributed by atoms with Crippen LogP contribution in [0.3, 0.4) is 0 Å². The summed E-state index contributed by atoms with van der Waals surface area (Å²) < 4.78 is 54.0. The van der Waals surface area contributed by atoms with Gasteiger partial charge in [-0.3, -0.25) is 4.79 Å². The van der Waals surface area contributed by atoms with E-state index >= 15 is 0 Å². The second-order valence-corrected chi connectivity index (χ2v) is 12.3. The number of carbonyl (C=O) groups excluding carboxylic acids is 2. The van der Waals surface area contributed by atoms with Gasteiger partial charge in [0.2, 0.25) is 0 Å². The molecule has 2 aliphatic rings. The molecule has 0 heterocycles. The second-order valence-electron chi connectivity index (χ2n) is 12.3. The summed E-state index contributed by atoms with van der Waals surface area (Å²) in [5, 5.41) is 4.63. The van der Waals surface area contributed by atoms with Gasteiger partial charge >= 0.3 is 12.3 Å². The molecule has 0 radical (unpaired) electrons. The molecule has 3 aromatic rings. The van der Waals surface area contributed by atoms with Crippen molar-refractivity contribution < 1.29 is 37.0 Å². The number of carbonyl (C=O) groups is 2. The molecule has 2 saturated carbocycles. The van der Waals surface area contributed by atoms with Crippen LogP contribution in [0.4, 0.5) is 13.2 Å². The molecular formula is C35H40F3NO5. The van der Waals surface area contributed by atoms with E-state index in [1.54, 1.807) is 6.07 Å². The first-order valence-corrected chi connectivity index (χ1v) is 15.6. The number of esters is 1. The molecule has 2 fully saturated rings. The van der Waals surface area contributed by atoms with Gasteiger partial charge in [0.1, 0.15) is 30.3 Å². The number of alkyl halides is 3. The monoisotopic (exact) mass is 611 g/mol. The molecular weight excluding hydrogens is 571 g/mol. The van der Waals surface area contributed by atoms with Crippen molar-refractivity contribution in [3.05, 3.63) is 71.8 Å². The number of ether oxygens (including phenoxy) is 3. The van der Waals surface area contributed by atoms with Crippen LogP contribution >= 0.6 is 0 Å². The molecule has 1 atom stereocenters. The molecule has 236 valence electrons. The lowest BCUT2D eigenvalue weighted by atomic mass is 9.70. The predicted octanol–water partition coefficient (Wildman–Crippen LogP) is 8.65. The van der Waals surface area contributed by atoms with Crippen LogP contribution < -0.4 is 14.8 Å². The summed E-state index contributed by atoms with van der Waals surface area (Å²) >= 11 is 0. The molecule has 3 aromatic carbocycles. The van der Waals surface area contributed by atoms with Gasteiger partial charge in [-0.1, -0.05) is 81.5 Å². The van der Waals surface area contributed by atoms with E-state index in [0.29, 0.717) is 16.7 Å². The van der Waals surface area contributed by atoms with Crippen molar-refractivity contribution >= 4 is 22.6 Å². The lowest BCUT2D eigenvalue weighted by Crippen LogP contribution is -2.53. The number of fused-ring (bicyclic) bond motifs is 1. The molecule has 44 heavy (non-hydrogen) atoms. The molecule has 0 saturated heterocycles. The van der Waals surface area contributed by atoms with Gasteiger partial charge in [-0.2, -0.15) is 0 Å². The maximum atomic E-state index is 14.0. The first-order valence-electron chi connectivity index (χ1n) is 15.6. The molecule has 0 bridgehead atoms. The van der Waals surface area contributed by atoms with Crippen molar-refractivity contribution in [2.24, 2.45) is 5.41 Å². The zero-order valence-electron chi connectivity index (χ0n) is 25.1. The Labute approximate surface area is 256 Å². The van der Waals surface area contributed by atoms with Gasteiger partial charge in [-0.15, -0.1) is 13.2 Å². The summed E-state index contributed by atoms with van der Waals surface area (Å²) in [6.07, 6.45) is 5.80. The van der Waals surface area contributed by atoms with E-state index < -0.39 is 23.7 Å². The SMILES string of the molecule is CC1(C(NC(=O)c2ccc3ccccc3c2OCc2ccc(OC(F)(F)F)cc2)C(=O)OC2CCCCCC2)CCCCC1. The average Bonchev–Trinajstić information content (AvgIpc) is 3.27. The highest BCUT2D eigenvalue weighted by atomic mass is 19.4. The van der Waals surface area contributed by atoms with Crippen LogP contribution in [0, 0.1) is 5.41 Å². The normalized spacial score (nSPS) is 18.2. The van der Waals surface area contributed by atoms with Gasteiger partial charge in [0.25, 0.3) is 5.91 Å². The fraction of sp³-hybridized carbons (Fsp3) is 0.486. The summed E-state index contributed by atoms with van der Waals surface area (Å²) in [5.41, 5.74) is 0.430. The molecule has 5 rings (SSSR count). The average molecular weight is 612 g/mol. The van der Waals surface area contributed by atoms with Crippen LogP contribution in [-0.2, 0) is 16.1 Å². The largest absolute Gasteiger partial charge is 0.573 e. The summed E-state index contributed by atoms with van der Waals surface area (Å²) in [5.74, 6) is -0.807. The smallest absolute Gasteiger partial charge is 0.487 e. The van der Waals surface area contributed by atoms with Crippen LogP contribution in [0.1, 0.15) is 93.5 Å².